The van der Waals surface area contributed by atoms with Gasteiger partial charge in [-0.05, 0) is 67.1 Å². The highest BCUT2D eigenvalue weighted by Crippen LogP contribution is 2.39. The Morgan fingerprint density at radius 2 is 1.78 bits per heavy atom. The van der Waals surface area contributed by atoms with Crippen molar-refractivity contribution in [3.05, 3.63) is 131 Å². The summed E-state index contributed by atoms with van der Waals surface area (Å²) in [7, 11) is 0. The van der Waals surface area contributed by atoms with Crippen LogP contribution in [-0.2, 0) is 6.54 Å². The van der Waals surface area contributed by atoms with Crippen molar-refractivity contribution in [3.8, 4) is 11.5 Å². The SMILES string of the molecule is Cc1nn(-c2ccccc2)c2c1CN(C(=O)Nc1cccc(F)c1)[C@H](c1ccc(Cl)cc1)c1cccn1-2. The second-order valence-electron chi connectivity index (χ2n) is 8.96. The van der Waals surface area contributed by atoms with Gasteiger partial charge in [-0.1, -0.05) is 48.0 Å². The lowest BCUT2D eigenvalue weighted by Crippen LogP contribution is -2.38. The smallest absolute Gasteiger partial charge is 0.308 e. The minimum Gasteiger partial charge on any atom is -0.308 e. The van der Waals surface area contributed by atoms with Crippen LogP contribution in [0.5, 0.6) is 0 Å². The van der Waals surface area contributed by atoms with Gasteiger partial charge in [-0.3, -0.25) is 0 Å². The van der Waals surface area contributed by atoms with E-state index in [1.54, 1.807) is 17.0 Å². The van der Waals surface area contributed by atoms with Crippen LogP contribution in [-0.4, -0.2) is 25.3 Å². The summed E-state index contributed by atoms with van der Waals surface area (Å²) in [5.74, 6) is 0.461. The van der Waals surface area contributed by atoms with Crippen LogP contribution in [0.25, 0.3) is 11.5 Å². The van der Waals surface area contributed by atoms with E-state index in [9.17, 15) is 9.18 Å². The van der Waals surface area contributed by atoms with E-state index >= 15 is 0 Å². The third-order valence-corrected chi connectivity index (χ3v) is 6.86. The molecular weight excluding hydrogens is 489 g/mol. The quantitative estimate of drug-likeness (QED) is 0.286. The molecule has 0 saturated carbocycles. The molecule has 0 bridgehead atoms. The van der Waals surface area contributed by atoms with Crippen LogP contribution in [0.1, 0.15) is 28.6 Å². The Morgan fingerprint density at radius 3 is 2.54 bits per heavy atom. The Hall–Kier alpha value is -4.36. The molecule has 3 heterocycles. The molecule has 184 valence electrons. The van der Waals surface area contributed by atoms with Crippen molar-refractivity contribution in [1.29, 1.82) is 0 Å². The zero-order chi connectivity index (χ0) is 25.5. The van der Waals surface area contributed by atoms with E-state index in [1.165, 1.54) is 12.1 Å². The van der Waals surface area contributed by atoms with Gasteiger partial charge in [0.1, 0.15) is 11.6 Å². The molecule has 0 radical (unpaired) electrons. The van der Waals surface area contributed by atoms with Gasteiger partial charge in [-0.15, -0.1) is 0 Å². The topological polar surface area (TPSA) is 55.1 Å². The molecule has 8 heteroatoms. The van der Waals surface area contributed by atoms with Gasteiger partial charge in [-0.25, -0.2) is 13.9 Å². The first kappa shape index (κ1) is 23.1. The van der Waals surface area contributed by atoms with Gasteiger partial charge < -0.3 is 14.8 Å². The molecular formula is C29H23ClFN5O. The van der Waals surface area contributed by atoms with Gasteiger partial charge in [0.2, 0.25) is 0 Å². The number of nitrogens with zero attached hydrogens (tertiary/aromatic N) is 4. The monoisotopic (exact) mass is 511 g/mol. The van der Waals surface area contributed by atoms with E-state index in [2.05, 4.69) is 9.88 Å². The minimum atomic E-state index is -0.433. The molecule has 0 aliphatic carbocycles. The van der Waals surface area contributed by atoms with Gasteiger partial charge in [0.25, 0.3) is 0 Å². The van der Waals surface area contributed by atoms with Gasteiger partial charge >= 0.3 is 6.03 Å². The predicted molar refractivity (Wildman–Crippen MR) is 142 cm³/mol. The van der Waals surface area contributed by atoms with E-state index in [-0.39, 0.29) is 6.03 Å². The van der Waals surface area contributed by atoms with Crippen LogP contribution in [0.2, 0.25) is 5.02 Å². The second kappa shape index (κ2) is 9.26. The van der Waals surface area contributed by atoms with Crippen LogP contribution in [0, 0.1) is 12.7 Å². The fraction of sp³-hybridized carbons (Fsp3) is 0.103. The number of hydrogen-bond acceptors (Lipinski definition) is 2. The summed E-state index contributed by atoms with van der Waals surface area (Å²) in [6, 6.07) is 26.5. The summed E-state index contributed by atoms with van der Waals surface area (Å²) in [5, 5.41) is 8.35. The second-order valence-corrected chi connectivity index (χ2v) is 9.40. The molecule has 3 aromatic carbocycles. The highest BCUT2D eigenvalue weighted by molar-refractivity contribution is 6.30. The van der Waals surface area contributed by atoms with Gasteiger partial charge in [0.05, 0.1) is 29.7 Å². The number of benzene rings is 3. The van der Waals surface area contributed by atoms with Gasteiger partial charge in [0.15, 0.2) is 0 Å². The van der Waals surface area contributed by atoms with Crippen LogP contribution in [0.15, 0.2) is 97.2 Å². The Balaban J connectivity index is 1.53. The maximum absolute atomic E-state index is 13.9. The number of para-hydroxylation sites is 1. The number of rotatable bonds is 3. The van der Waals surface area contributed by atoms with E-state index < -0.39 is 11.9 Å². The molecule has 6 rings (SSSR count). The number of aromatic nitrogens is 3. The minimum absolute atomic E-state index is 0.296. The lowest BCUT2D eigenvalue weighted by molar-refractivity contribution is 0.194. The maximum Gasteiger partial charge on any atom is 0.322 e. The lowest BCUT2D eigenvalue weighted by atomic mass is 10.0. The number of hydrogen-bond donors (Lipinski definition) is 1. The third-order valence-electron chi connectivity index (χ3n) is 6.61. The summed E-state index contributed by atoms with van der Waals surface area (Å²) in [5.41, 5.74) is 4.85. The van der Waals surface area contributed by atoms with E-state index in [4.69, 9.17) is 16.7 Å². The summed E-state index contributed by atoms with van der Waals surface area (Å²) in [6.07, 6.45) is 1.99. The fourth-order valence-corrected chi connectivity index (χ4v) is 5.03. The summed E-state index contributed by atoms with van der Waals surface area (Å²) in [6.45, 7) is 2.25. The molecule has 1 aliphatic rings. The average molecular weight is 512 g/mol. The van der Waals surface area contributed by atoms with Crippen molar-refractivity contribution in [2.24, 2.45) is 0 Å². The molecule has 1 aliphatic heterocycles. The normalized spacial score (nSPS) is 14.6. The van der Waals surface area contributed by atoms with E-state index in [0.717, 1.165) is 34.0 Å². The van der Waals surface area contributed by atoms with Crippen molar-refractivity contribution in [3.63, 3.8) is 0 Å². The number of nitrogens with one attached hydrogen (secondary N) is 1. The number of urea groups is 1. The molecule has 2 amide bonds. The number of carbonyl (C=O) groups is 1. The predicted octanol–water partition coefficient (Wildman–Crippen LogP) is 6.90. The Kier molecular flexibility index (Phi) is 5.77. The van der Waals surface area contributed by atoms with Crippen molar-refractivity contribution in [2.45, 2.75) is 19.5 Å². The van der Waals surface area contributed by atoms with Crippen LogP contribution >= 0.6 is 11.6 Å². The molecule has 0 fully saturated rings. The number of aryl methyl sites for hydroxylation is 1. The fourth-order valence-electron chi connectivity index (χ4n) is 4.91. The summed E-state index contributed by atoms with van der Waals surface area (Å²) < 4.78 is 17.9. The van der Waals surface area contributed by atoms with Crippen molar-refractivity contribution >= 4 is 23.3 Å². The van der Waals surface area contributed by atoms with E-state index in [0.29, 0.717) is 17.3 Å². The van der Waals surface area contributed by atoms with Crippen molar-refractivity contribution < 1.29 is 9.18 Å². The standard InChI is InChI=1S/C29H23ClFN5O/c1-19-25-18-35(29(37)32-23-8-5-7-22(31)17-23)27(20-12-14-21(30)15-13-20)26-11-6-16-34(26)28(25)36(33-19)24-9-3-2-4-10-24/h2-17,27H,18H2,1H3,(H,32,37)/t27-/m1/s1. The molecule has 37 heavy (non-hydrogen) atoms. The van der Waals surface area contributed by atoms with Gasteiger partial charge in [-0.2, -0.15) is 5.10 Å². The number of anilines is 1. The average Bonchev–Trinajstić information content (AvgIpc) is 3.46. The number of fused-ring (bicyclic) bond motifs is 3. The first-order valence-electron chi connectivity index (χ1n) is 11.9. The molecule has 0 unspecified atom stereocenters. The highest BCUT2D eigenvalue weighted by Gasteiger charge is 2.36. The zero-order valence-corrected chi connectivity index (χ0v) is 20.7. The lowest BCUT2D eigenvalue weighted by Gasteiger charge is -2.31. The first-order chi connectivity index (χ1) is 18.0. The number of amides is 2. The van der Waals surface area contributed by atoms with Crippen LogP contribution in [0.3, 0.4) is 0 Å². The van der Waals surface area contributed by atoms with E-state index in [1.807, 2.05) is 84.5 Å². The Labute approximate surface area is 218 Å². The maximum atomic E-state index is 13.9. The molecule has 1 atom stereocenters. The Morgan fingerprint density at radius 1 is 1.00 bits per heavy atom. The highest BCUT2D eigenvalue weighted by atomic mass is 35.5. The van der Waals surface area contributed by atoms with Gasteiger partial charge in [0, 0.05) is 22.5 Å². The third kappa shape index (κ3) is 4.17. The molecule has 0 saturated heterocycles. The Bertz CT molecular complexity index is 1590. The molecule has 5 aromatic rings. The zero-order valence-electron chi connectivity index (χ0n) is 20.0. The molecule has 1 N–H and O–H groups in total. The van der Waals surface area contributed by atoms with Crippen LogP contribution in [0.4, 0.5) is 14.9 Å². The first-order valence-corrected chi connectivity index (χ1v) is 12.3. The largest absolute Gasteiger partial charge is 0.322 e. The number of carbonyl (C=O) groups excluding carboxylic acids is 1. The summed E-state index contributed by atoms with van der Waals surface area (Å²) in [4.78, 5) is 15.6. The van der Waals surface area contributed by atoms with Crippen molar-refractivity contribution in [1.82, 2.24) is 19.2 Å². The molecule has 0 spiro atoms. The number of halogens is 2. The van der Waals surface area contributed by atoms with Crippen LogP contribution < -0.4 is 5.32 Å². The molecule has 2 aromatic heterocycles. The summed E-state index contributed by atoms with van der Waals surface area (Å²) >= 11 is 6.20. The van der Waals surface area contributed by atoms with Crippen molar-refractivity contribution in [2.75, 3.05) is 5.32 Å². The molecule has 6 nitrogen and oxygen atoms in total.